The normalized spacial score (nSPS) is 10.7. The predicted molar refractivity (Wildman–Crippen MR) is 90.4 cm³/mol. The van der Waals surface area contributed by atoms with Gasteiger partial charge in [0.05, 0.1) is 9.99 Å². The van der Waals surface area contributed by atoms with E-state index in [1.54, 1.807) is 6.92 Å². The Morgan fingerprint density at radius 3 is 2.77 bits per heavy atom. The molecule has 22 heavy (non-hydrogen) atoms. The van der Waals surface area contributed by atoms with E-state index in [0.29, 0.717) is 5.75 Å². The molecular formula is C17H19BrN2O2. The van der Waals surface area contributed by atoms with Crippen molar-refractivity contribution >= 4 is 32.6 Å². The first-order valence-corrected chi connectivity index (χ1v) is 8.13. The summed E-state index contributed by atoms with van der Waals surface area (Å²) < 4.78 is 8.41. The van der Waals surface area contributed by atoms with Gasteiger partial charge in [0.2, 0.25) is 0 Å². The Kier molecular flexibility index (Phi) is 5.25. The summed E-state index contributed by atoms with van der Waals surface area (Å²) in [7, 11) is 0. The van der Waals surface area contributed by atoms with Gasteiger partial charge < -0.3 is 9.30 Å². The van der Waals surface area contributed by atoms with Crippen LogP contribution in [0.15, 0.2) is 16.6 Å². The quantitative estimate of drug-likeness (QED) is 0.704. The molecule has 1 heterocycles. The molecular weight excluding hydrogens is 344 g/mol. The van der Waals surface area contributed by atoms with E-state index >= 15 is 0 Å². The summed E-state index contributed by atoms with van der Waals surface area (Å²) in [5, 5.41) is 9.56. The third kappa shape index (κ3) is 3.02. The lowest BCUT2D eigenvalue weighted by Gasteiger charge is -2.09. The number of carbonyl (C=O) groups excluding carboxylic acids is 1. The van der Waals surface area contributed by atoms with Gasteiger partial charge in [0.25, 0.3) is 0 Å². The van der Waals surface area contributed by atoms with E-state index in [-0.39, 0.29) is 12.4 Å². The zero-order chi connectivity index (χ0) is 16.3. The van der Waals surface area contributed by atoms with Crippen LogP contribution in [0.1, 0.15) is 42.7 Å². The van der Waals surface area contributed by atoms with Crippen LogP contribution in [0.3, 0.4) is 0 Å². The minimum absolute atomic E-state index is 0.0188. The van der Waals surface area contributed by atoms with Gasteiger partial charge in [0.15, 0.2) is 12.4 Å². The van der Waals surface area contributed by atoms with Crippen molar-refractivity contribution in [3.63, 3.8) is 0 Å². The van der Waals surface area contributed by atoms with Crippen molar-refractivity contribution in [1.29, 1.82) is 5.26 Å². The summed E-state index contributed by atoms with van der Waals surface area (Å²) in [6.07, 6.45) is 2.16. The van der Waals surface area contributed by atoms with Crippen molar-refractivity contribution in [2.45, 2.75) is 40.2 Å². The van der Waals surface area contributed by atoms with Crippen molar-refractivity contribution in [1.82, 2.24) is 4.57 Å². The summed E-state index contributed by atoms with van der Waals surface area (Å²) >= 11 is 3.49. The molecule has 0 saturated carbocycles. The lowest BCUT2D eigenvalue weighted by Crippen LogP contribution is -2.02. The fourth-order valence-electron chi connectivity index (χ4n) is 2.75. The van der Waals surface area contributed by atoms with Crippen LogP contribution in [0, 0.1) is 18.3 Å². The van der Waals surface area contributed by atoms with Gasteiger partial charge >= 0.3 is 0 Å². The van der Waals surface area contributed by atoms with Gasteiger partial charge in [0, 0.05) is 23.2 Å². The number of benzene rings is 1. The molecule has 0 radical (unpaired) electrons. The number of nitriles is 1. The first-order valence-electron chi connectivity index (χ1n) is 7.34. The second-order valence-electron chi connectivity index (χ2n) is 5.27. The molecule has 0 aliphatic heterocycles. The average Bonchev–Trinajstić information content (AvgIpc) is 2.74. The van der Waals surface area contributed by atoms with Crippen LogP contribution in [0.25, 0.3) is 10.9 Å². The van der Waals surface area contributed by atoms with Gasteiger partial charge in [-0.1, -0.05) is 13.3 Å². The minimum atomic E-state index is -0.0188. The number of halogens is 1. The minimum Gasteiger partial charge on any atom is -0.478 e. The monoisotopic (exact) mass is 362 g/mol. The third-order valence-electron chi connectivity index (χ3n) is 3.76. The zero-order valence-corrected chi connectivity index (χ0v) is 14.7. The molecule has 0 unspecified atom stereocenters. The van der Waals surface area contributed by atoms with Gasteiger partial charge in [-0.3, -0.25) is 4.79 Å². The number of hydrogen-bond acceptors (Lipinski definition) is 3. The number of nitrogens with zero attached hydrogens (tertiary/aromatic N) is 2. The van der Waals surface area contributed by atoms with Crippen molar-refractivity contribution < 1.29 is 9.53 Å². The summed E-state index contributed by atoms with van der Waals surface area (Å²) in [4.78, 5) is 12.1. The van der Waals surface area contributed by atoms with Gasteiger partial charge in [-0.05, 0) is 48.3 Å². The van der Waals surface area contributed by atoms with E-state index in [1.165, 1.54) is 0 Å². The fourth-order valence-corrected chi connectivity index (χ4v) is 3.19. The van der Waals surface area contributed by atoms with Gasteiger partial charge in [0.1, 0.15) is 11.8 Å². The summed E-state index contributed by atoms with van der Waals surface area (Å²) in [5.41, 5.74) is 2.74. The maximum atomic E-state index is 12.1. The number of aryl methyl sites for hydroxylation is 1. The first kappa shape index (κ1) is 16.6. The number of fused-ring (bicyclic) bond motifs is 1. The number of ketones is 1. The highest BCUT2D eigenvalue weighted by molar-refractivity contribution is 9.10. The van der Waals surface area contributed by atoms with Crippen molar-refractivity contribution in [2.24, 2.45) is 0 Å². The SMILES string of the molecule is CCCCn1c(C)c(C(C)=O)c2cc(OCC#N)c(Br)cc21. The molecule has 0 aliphatic carbocycles. The number of Topliss-reactive ketones (excluding diaryl/α,β-unsaturated/α-hetero) is 1. The van der Waals surface area contributed by atoms with E-state index in [2.05, 4.69) is 27.4 Å². The Labute approximate surface area is 138 Å². The van der Waals surface area contributed by atoms with Crippen LogP contribution in [-0.4, -0.2) is 17.0 Å². The molecule has 2 aromatic rings. The molecule has 0 amide bonds. The molecule has 5 heteroatoms. The molecule has 0 spiro atoms. The van der Waals surface area contributed by atoms with Crippen LogP contribution in [0.2, 0.25) is 0 Å². The Hall–Kier alpha value is -1.80. The van der Waals surface area contributed by atoms with E-state index in [0.717, 1.165) is 46.0 Å². The Morgan fingerprint density at radius 2 is 2.18 bits per heavy atom. The largest absolute Gasteiger partial charge is 0.478 e. The number of carbonyl (C=O) groups is 1. The second-order valence-corrected chi connectivity index (χ2v) is 6.12. The average molecular weight is 363 g/mol. The first-order chi connectivity index (χ1) is 10.5. The zero-order valence-electron chi connectivity index (χ0n) is 13.1. The Morgan fingerprint density at radius 1 is 1.45 bits per heavy atom. The molecule has 0 aliphatic rings. The van der Waals surface area contributed by atoms with Crippen LogP contribution in [0.5, 0.6) is 5.75 Å². The lowest BCUT2D eigenvalue weighted by molar-refractivity contribution is 0.101. The molecule has 0 atom stereocenters. The number of hydrogen-bond donors (Lipinski definition) is 0. The molecule has 116 valence electrons. The van der Waals surface area contributed by atoms with Crippen molar-refractivity contribution in [3.8, 4) is 11.8 Å². The molecule has 0 bridgehead atoms. The van der Waals surface area contributed by atoms with Crippen LogP contribution >= 0.6 is 15.9 Å². The maximum Gasteiger partial charge on any atom is 0.174 e. The molecule has 0 saturated heterocycles. The second kappa shape index (κ2) is 6.97. The van der Waals surface area contributed by atoms with Gasteiger partial charge in [-0.15, -0.1) is 0 Å². The van der Waals surface area contributed by atoms with Crippen LogP contribution in [0.4, 0.5) is 0 Å². The van der Waals surface area contributed by atoms with Gasteiger partial charge in [-0.25, -0.2) is 0 Å². The molecule has 2 rings (SSSR count). The number of unbranched alkanes of at least 4 members (excludes halogenated alkanes) is 1. The smallest absolute Gasteiger partial charge is 0.174 e. The van der Waals surface area contributed by atoms with E-state index in [9.17, 15) is 4.79 Å². The van der Waals surface area contributed by atoms with Crippen LogP contribution < -0.4 is 4.74 Å². The summed E-state index contributed by atoms with van der Waals surface area (Å²) in [6, 6.07) is 5.78. The number of rotatable bonds is 6. The number of aromatic nitrogens is 1. The van der Waals surface area contributed by atoms with Crippen molar-refractivity contribution in [3.05, 3.63) is 27.9 Å². The highest BCUT2D eigenvalue weighted by atomic mass is 79.9. The third-order valence-corrected chi connectivity index (χ3v) is 4.38. The maximum absolute atomic E-state index is 12.1. The van der Waals surface area contributed by atoms with Crippen molar-refractivity contribution in [2.75, 3.05) is 6.61 Å². The summed E-state index contributed by atoms with van der Waals surface area (Å²) in [6.45, 7) is 6.59. The summed E-state index contributed by atoms with van der Waals surface area (Å²) in [5.74, 6) is 0.635. The molecule has 0 N–H and O–H groups in total. The Balaban J connectivity index is 2.67. The van der Waals surface area contributed by atoms with E-state index in [1.807, 2.05) is 25.1 Å². The highest BCUT2D eigenvalue weighted by Crippen LogP contribution is 2.35. The molecule has 4 nitrogen and oxygen atoms in total. The topological polar surface area (TPSA) is 55.0 Å². The van der Waals surface area contributed by atoms with E-state index < -0.39 is 0 Å². The number of ether oxygens (including phenoxy) is 1. The lowest BCUT2D eigenvalue weighted by atomic mass is 10.1. The highest BCUT2D eigenvalue weighted by Gasteiger charge is 2.19. The molecule has 0 fully saturated rings. The molecule has 1 aromatic heterocycles. The van der Waals surface area contributed by atoms with Crippen LogP contribution in [-0.2, 0) is 6.54 Å². The predicted octanol–water partition coefficient (Wildman–Crippen LogP) is 4.62. The molecule has 1 aromatic carbocycles. The fraction of sp³-hybridized carbons (Fsp3) is 0.412. The Bertz CT molecular complexity index is 756. The van der Waals surface area contributed by atoms with E-state index in [4.69, 9.17) is 10.00 Å². The standard InChI is InChI=1S/C17H19BrN2O2/c1-4-5-7-20-11(2)17(12(3)21)13-9-16(22-8-6-19)14(18)10-15(13)20/h9-10H,4-5,7-8H2,1-3H3. The van der Waals surface area contributed by atoms with Gasteiger partial charge in [-0.2, -0.15) is 5.26 Å².